The van der Waals surface area contributed by atoms with E-state index in [4.69, 9.17) is 16.6 Å². The number of nitrogen functional groups attached to an aromatic ring is 1. The number of ketones is 1. The number of nitrogens with zero attached hydrogens (tertiary/aromatic N) is 5. The molecule has 0 unspecified atom stereocenters. The molecule has 50 heavy (non-hydrogen) atoms. The van der Waals surface area contributed by atoms with Gasteiger partial charge in [0, 0.05) is 70.6 Å². The summed E-state index contributed by atoms with van der Waals surface area (Å²) in [5.41, 5.74) is 16.8. The lowest BCUT2D eigenvalue weighted by atomic mass is 10.0. The quantitative estimate of drug-likeness (QED) is 0.107. The summed E-state index contributed by atoms with van der Waals surface area (Å²) >= 11 is 0.940. The predicted octanol–water partition coefficient (Wildman–Crippen LogP) is 3.34. The van der Waals surface area contributed by atoms with Gasteiger partial charge in [-0.1, -0.05) is 38.0 Å². The van der Waals surface area contributed by atoms with Crippen LogP contribution in [0, 0.1) is 6.92 Å². The van der Waals surface area contributed by atoms with Gasteiger partial charge in [-0.3, -0.25) is 24.1 Å². The highest BCUT2D eigenvalue weighted by atomic mass is 32.2. The van der Waals surface area contributed by atoms with Crippen LogP contribution in [0.15, 0.2) is 30.5 Å². The van der Waals surface area contributed by atoms with Crippen LogP contribution in [-0.2, 0) is 32.3 Å². The third-order valence-corrected chi connectivity index (χ3v) is 10.3. The molecule has 0 radical (unpaired) electrons. The van der Waals surface area contributed by atoms with Gasteiger partial charge in [0.2, 0.25) is 11.9 Å². The van der Waals surface area contributed by atoms with Gasteiger partial charge in [-0.2, -0.15) is 4.98 Å². The molecular weight excluding hydrogens is 661 g/mol. The summed E-state index contributed by atoms with van der Waals surface area (Å²) in [6.45, 7) is 9.24. The zero-order valence-corrected chi connectivity index (χ0v) is 29.8. The van der Waals surface area contributed by atoms with Crippen molar-refractivity contribution in [2.24, 2.45) is 5.73 Å². The largest absolute Gasteiger partial charge is 0.481 e. The van der Waals surface area contributed by atoms with Crippen molar-refractivity contribution in [3.8, 4) is 0 Å². The maximum atomic E-state index is 12.9. The number of fused-ring (bicyclic) bond motifs is 1. The molecule has 4 rings (SSSR count). The highest BCUT2D eigenvalue weighted by Gasteiger charge is 2.26. The van der Waals surface area contributed by atoms with Crippen molar-refractivity contribution < 1.29 is 29.4 Å². The number of anilines is 2. The zero-order valence-electron chi connectivity index (χ0n) is 29.0. The second-order valence-electron chi connectivity index (χ2n) is 12.8. The number of hydrogen-bond donors (Lipinski definition) is 5. The first-order valence-corrected chi connectivity index (χ1v) is 18.3. The first-order chi connectivity index (χ1) is 23.9. The fourth-order valence-electron chi connectivity index (χ4n) is 6.04. The lowest BCUT2D eigenvalue weighted by Gasteiger charge is -2.35. The number of carbonyl (C=O) groups is 4. The first-order valence-electron chi connectivity index (χ1n) is 17.2. The highest BCUT2D eigenvalue weighted by Crippen LogP contribution is 2.25. The topological polar surface area (TPSA) is 210 Å². The molecule has 0 saturated carbocycles. The molecule has 3 heterocycles. The van der Waals surface area contributed by atoms with Gasteiger partial charge >= 0.3 is 11.9 Å². The molecule has 1 saturated heterocycles. The van der Waals surface area contributed by atoms with E-state index in [0.29, 0.717) is 26.1 Å². The highest BCUT2D eigenvalue weighted by molar-refractivity contribution is 8.00. The molecule has 0 bridgehead atoms. The van der Waals surface area contributed by atoms with E-state index in [1.807, 2.05) is 17.2 Å². The number of aliphatic carboxylic acids is 2. The van der Waals surface area contributed by atoms with Crippen LogP contribution in [0.25, 0.3) is 11.0 Å². The molecule has 1 aliphatic heterocycles. The Morgan fingerprint density at radius 2 is 1.76 bits per heavy atom. The van der Waals surface area contributed by atoms with E-state index in [2.05, 4.69) is 56.8 Å². The van der Waals surface area contributed by atoms with Crippen molar-refractivity contribution in [1.29, 1.82) is 0 Å². The summed E-state index contributed by atoms with van der Waals surface area (Å²) in [6, 6.07) is 7.34. The molecule has 7 N–H and O–H groups in total. The number of piperazine rings is 1. The number of rotatable bonds is 20. The lowest BCUT2D eigenvalue weighted by Crippen LogP contribution is -2.48. The zero-order chi connectivity index (χ0) is 36.2. The van der Waals surface area contributed by atoms with Gasteiger partial charge in [-0.25, -0.2) is 4.98 Å². The summed E-state index contributed by atoms with van der Waals surface area (Å²) < 4.78 is 2.16. The minimum atomic E-state index is -1.21. The number of carboxylic acids is 2. The van der Waals surface area contributed by atoms with E-state index >= 15 is 0 Å². The monoisotopic (exact) mass is 710 g/mol. The second-order valence-corrected chi connectivity index (χ2v) is 14.1. The van der Waals surface area contributed by atoms with Gasteiger partial charge in [0.15, 0.2) is 5.82 Å². The van der Waals surface area contributed by atoms with Crippen LogP contribution in [0.5, 0.6) is 0 Å². The molecule has 15 heteroatoms. The molecule has 0 aliphatic carbocycles. The fraction of sp³-hybridized carbons (Fsp3) is 0.543. The van der Waals surface area contributed by atoms with Crippen molar-refractivity contribution in [3.63, 3.8) is 0 Å². The van der Waals surface area contributed by atoms with Crippen LogP contribution in [0.1, 0.15) is 68.6 Å². The Morgan fingerprint density at radius 3 is 2.44 bits per heavy atom. The smallest absolute Gasteiger partial charge is 0.321 e. The molecule has 14 nitrogen and oxygen atoms in total. The number of nitrogens with two attached hydrogens (primary N) is 2. The summed E-state index contributed by atoms with van der Waals surface area (Å²) in [6.07, 6.45) is 5.52. The van der Waals surface area contributed by atoms with Crippen molar-refractivity contribution in [2.45, 2.75) is 83.2 Å². The summed E-state index contributed by atoms with van der Waals surface area (Å²) in [7, 11) is 0. The Balaban J connectivity index is 1.24. The van der Waals surface area contributed by atoms with Gasteiger partial charge in [-0.15, -0.1) is 11.8 Å². The number of amides is 1. The number of benzene rings is 1. The minimum Gasteiger partial charge on any atom is -0.481 e. The predicted molar refractivity (Wildman–Crippen MR) is 195 cm³/mol. The maximum Gasteiger partial charge on any atom is 0.321 e. The summed E-state index contributed by atoms with van der Waals surface area (Å²) in [4.78, 5) is 60.8. The molecule has 1 aromatic carbocycles. The minimum absolute atomic E-state index is 0.0297. The number of nitrogens with one attached hydrogen (secondary N) is 1. The van der Waals surface area contributed by atoms with E-state index in [-0.39, 0.29) is 36.2 Å². The Morgan fingerprint density at radius 1 is 1.00 bits per heavy atom. The number of hydrogen-bond acceptors (Lipinski definition) is 11. The number of aryl methyl sites for hydroxylation is 1. The number of carbonyl (C=O) groups excluding carboxylic acids is 2. The van der Waals surface area contributed by atoms with Crippen LogP contribution in [0.4, 0.5) is 11.8 Å². The van der Waals surface area contributed by atoms with E-state index in [9.17, 15) is 24.3 Å². The van der Waals surface area contributed by atoms with Crippen LogP contribution in [0.3, 0.4) is 0 Å². The van der Waals surface area contributed by atoms with Crippen molar-refractivity contribution in [3.05, 3.63) is 47.2 Å². The Labute approximate surface area is 297 Å². The van der Waals surface area contributed by atoms with Gasteiger partial charge < -0.3 is 36.5 Å². The number of unbranched alkanes of at least 4 members (excludes halogenated alkanes) is 2. The van der Waals surface area contributed by atoms with Crippen LogP contribution >= 0.6 is 11.8 Å². The molecule has 0 spiro atoms. The van der Waals surface area contributed by atoms with Gasteiger partial charge in [-0.05, 0) is 42.5 Å². The van der Waals surface area contributed by atoms with Gasteiger partial charge in [0.1, 0.15) is 17.3 Å². The molecule has 1 aliphatic rings. The Bertz CT molecular complexity index is 1640. The molecule has 3 aromatic rings. The van der Waals surface area contributed by atoms with E-state index < -0.39 is 29.7 Å². The van der Waals surface area contributed by atoms with Crippen LogP contribution < -0.4 is 16.8 Å². The standard InChI is InChI=1S/C35H50N8O6S/c1-3-4-5-12-38-33-32-27(39-35(37)40-33)11-13-43(32)21-25-10-9-24(18-23(25)2)20-41-14-16-42(17-15-41)30(45)8-6-7-28(44)29(19-31(46)47)50-22-26(36)34(48)49/h9-11,13,18,26,29H,3-8,12,14-17,19-22,36H2,1-2H3,(H,46,47)(H,48,49)(H3,37,38,39,40)/t26-,29-/m0/s1. The SMILES string of the molecule is CCCCCNc1nc(N)nc2ccn(Cc3ccc(CN4CCN(C(=O)CCCC(=O)[C@H](CC(=O)O)SC[C@H](N)C(=O)O)CC4)cc3C)c12. The van der Waals surface area contributed by atoms with E-state index in [1.54, 1.807) is 0 Å². The van der Waals surface area contributed by atoms with Gasteiger partial charge in [0.25, 0.3) is 0 Å². The number of carboxylic acid groups (broad SMARTS) is 2. The van der Waals surface area contributed by atoms with Crippen LogP contribution in [-0.4, -0.2) is 108 Å². The molecule has 2 atom stereocenters. The molecule has 272 valence electrons. The third kappa shape index (κ3) is 11.2. The number of aromatic nitrogens is 3. The van der Waals surface area contributed by atoms with Gasteiger partial charge in [0.05, 0.1) is 17.2 Å². The molecule has 1 amide bonds. The van der Waals surface area contributed by atoms with Crippen molar-refractivity contribution in [1.82, 2.24) is 24.3 Å². The first kappa shape index (κ1) is 38.6. The molecular formula is C35H50N8O6S. The molecule has 1 fully saturated rings. The number of thioether (sulfide) groups is 1. The number of Topliss-reactive ketones (excluding diaryl/α,β-unsaturated/α-hetero) is 1. The average Bonchev–Trinajstić information content (AvgIpc) is 3.48. The van der Waals surface area contributed by atoms with Crippen molar-refractivity contribution in [2.75, 3.05) is 49.5 Å². The fourth-order valence-corrected chi connectivity index (χ4v) is 7.19. The third-order valence-electron chi connectivity index (χ3n) is 8.91. The average molecular weight is 711 g/mol. The lowest BCUT2D eigenvalue weighted by molar-refractivity contribution is -0.138. The summed E-state index contributed by atoms with van der Waals surface area (Å²) in [5.74, 6) is -1.75. The Kier molecular flexibility index (Phi) is 14.4. The Hall–Kier alpha value is -4.21. The summed E-state index contributed by atoms with van der Waals surface area (Å²) in [5, 5.41) is 20.7. The second kappa shape index (κ2) is 18.7. The normalized spacial score (nSPS) is 14.8. The maximum absolute atomic E-state index is 12.9. The van der Waals surface area contributed by atoms with E-state index in [0.717, 1.165) is 74.1 Å². The van der Waals surface area contributed by atoms with Crippen molar-refractivity contribution >= 4 is 58.2 Å². The van der Waals surface area contributed by atoms with Crippen LogP contribution in [0.2, 0.25) is 0 Å². The van der Waals surface area contributed by atoms with E-state index in [1.165, 1.54) is 16.7 Å². The molecule has 2 aromatic heterocycles.